The second-order valence-electron chi connectivity index (χ2n) is 3.27. The summed E-state index contributed by atoms with van der Waals surface area (Å²) in [5.41, 5.74) is 1.90. The predicted octanol–water partition coefficient (Wildman–Crippen LogP) is 0.0206. The number of carbonyl (C=O) groups excluding carboxylic acids is 1. The molecule has 0 spiro atoms. The van der Waals surface area contributed by atoms with Gasteiger partial charge in [-0.15, -0.1) is 0 Å². The van der Waals surface area contributed by atoms with Gasteiger partial charge in [-0.25, -0.2) is 10.8 Å². The van der Waals surface area contributed by atoms with Crippen molar-refractivity contribution in [2.24, 2.45) is 5.84 Å². The minimum absolute atomic E-state index is 0.176. The lowest BCUT2D eigenvalue weighted by Crippen LogP contribution is -2.30. The quantitative estimate of drug-likeness (QED) is 0.222. The molecule has 0 saturated heterocycles. The number of rotatable bonds is 5. The molecule has 0 bridgehead atoms. The Hall–Kier alpha value is -1.34. The molecule has 0 fully saturated rings. The molecule has 0 radical (unpaired) electrons. The number of amides is 1. The summed E-state index contributed by atoms with van der Waals surface area (Å²) in [4.78, 5) is 28.5. The van der Waals surface area contributed by atoms with Crippen LogP contribution in [0.15, 0.2) is 22.2 Å². The minimum atomic E-state index is -0.193. The maximum atomic E-state index is 11.0. The lowest BCUT2D eigenvalue weighted by Gasteiger charge is -2.08. The molecule has 0 aliphatic rings. The maximum absolute atomic E-state index is 11.0. The van der Waals surface area contributed by atoms with E-state index in [2.05, 4.69) is 15.4 Å². The number of H-pyrrole nitrogens is 1. The van der Waals surface area contributed by atoms with Crippen LogP contribution in [0, 0.1) is 0 Å². The van der Waals surface area contributed by atoms with Crippen LogP contribution in [-0.4, -0.2) is 21.1 Å². The van der Waals surface area contributed by atoms with Gasteiger partial charge in [0, 0.05) is 23.9 Å². The van der Waals surface area contributed by atoms with Crippen molar-refractivity contribution >= 4 is 17.7 Å². The van der Waals surface area contributed by atoms with Crippen LogP contribution in [0.25, 0.3) is 0 Å². The first kappa shape index (κ1) is 12.7. The molecule has 1 rings (SSSR count). The number of hydrazine groups is 1. The zero-order valence-electron chi connectivity index (χ0n) is 8.90. The number of thioether (sulfide) groups is 1. The fourth-order valence-corrected chi connectivity index (χ4v) is 1.97. The second-order valence-corrected chi connectivity index (χ2v) is 4.70. The Morgan fingerprint density at radius 2 is 2.50 bits per heavy atom. The minimum Gasteiger partial charge on any atom is -0.301 e. The first-order valence-electron chi connectivity index (χ1n) is 4.83. The summed E-state index contributed by atoms with van der Waals surface area (Å²) in [6.07, 6.45) is 2.49. The summed E-state index contributed by atoms with van der Waals surface area (Å²) in [5, 5.41) is 0.746. The van der Waals surface area contributed by atoms with Gasteiger partial charge in [0.15, 0.2) is 5.16 Å². The van der Waals surface area contributed by atoms with Crippen molar-refractivity contribution in [3.8, 4) is 0 Å². The van der Waals surface area contributed by atoms with E-state index in [4.69, 9.17) is 5.84 Å². The predicted molar refractivity (Wildman–Crippen MR) is 61.7 cm³/mol. The normalized spacial score (nSPS) is 12.1. The summed E-state index contributed by atoms with van der Waals surface area (Å²) >= 11 is 1.42. The smallest absolute Gasteiger partial charge is 0.251 e. The van der Waals surface area contributed by atoms with Crippen molar-refractivity contribution < 1.29 is 4.79 Å². The highest BCUT2D eigenvalue weighted by Gasteiger charge is 2.08. The Balaban J connectivity index is 2.42. The van der Waals surface area contributed by atoms with E-state index in [-0.39, 0.29) is 16.7 Å². The molecule has 1 unspecified atom stereocenters. The number of aromatic amines is 1. The number of nitrogens with zero attached hydrogens (tertiary/aromatic N) is 1. The van der Waals surface area contributed by atoms with Crippen LogP contribution in [0.1, 0.15) is 19.8 Å². The summed E-state index contributed by atoms with van der Waals surface area (Å²) < 4.78 is 0. The van der Waals surface area contributed by atoms with Crippen molar-refractivity contribution in [1.29, 1.82) is 0 Å². The van der Waals surface area contributed by atoms with Crippen LogP contribution < -0.4 is 16.8 Å². The number of aromatic nitrogens is 2. The average molecular weight is 242 g/mol. The fraction of sp³-hybridized carbons (Fsp3) is 0.444. The molecule has 0 aliphatic heterocycles. The Morgan fingerprint density at radius 1 is 1.75 bits per heavy atom. The van der Waals surface area contributed by atoms with Gasteiger partial charge in [0.1, 0.15) is 0 Å². The maximum Gasteiger partial charge on any atom is 0.251 e. The van der Waals surface area contributed by atoms with Crippen LogP contribution in [0.2, 0.25) is 0 Å². The first-order chi connectivity index (χ1) is 7.61. The van der Waals surface area contributed by atoms with Gasteiger partial charge in [0.2, 0.25) is 5.91 Å². The van der Waals surface area contributed by atoms with Gasteiger partial charge in [-0.3, -0.25) is 15.0 Å². The van der Waals surface area contributed by atoms with Crippen molar-refractivity contribution in [2.75, 3.05) is 0 Å². The van der Waals surface area contributed by atoms with E-state index in [9.17, 15) is 9.59 Å². The lowest BCUT2D eigenvalue weighted by molar-refractivity contribution is -0.121. The number of nitrogens with two attached hydrogens (primary N) is 1. The molecule has 1 atom stereocenters. The Bertz CT molecular complexity index is 406. The molecular formula is C9H14N4O2S. The van der Waals surface area contributed by atoms with Crippen LogP contribution in [0.3, 0.4) is 0 Å². The van der Waals surface area contributed by atoms with E-state index in [1.807, 2.05) is 6.92 Å². The largest absolute Gasteiger partial charge is 0.301 e. The van der Waals surface area contributed by atoms with E-state index in [1.54, 1.807) is 0 Å². The standard InChI is InChI=1S/C9H14N4O2S/c1-6(2-3-8(15)13-10)16-9-11-5-4-7(14)12-9/h4-6H,2-3,10H2,1H3,(H,13,15)(H,11,12,14). The van der Waals surface area contributed by atoms with Crippen molar-refractivity contribution in [3.63, 3.8) is 0 Å². The molecule has 1 aromatic rings. The van der Waals surface area contributed by atoms with Gasteiger partial charge in [0.05, 0.1) is 0 Å². The van der Waals surface area contributed by atoms with Crippen molar-refractivity contribution in [2.45, 2.75) is 30.2 Å². The zero-order valence-corrected chi connectivity index (χ0v) is 9.71. The topological polar surface area (TPSA) is 101 Å². The molecule has 0 aliphatic carbocycles. The molecule has 7 heteroatoms. The highest BCUT2D eigenvalue weighted by atomic mass is 32.2. The number of carbonyl (C=O) groups is 1. The van der Waals surface area contributed by atoms with Crippen LogP contribution in [0.5, 0.6) is 0 Å². The third-order valence-corrected chi connectivity index (χ3v) is 2.97. The van der Waals surface area contributed by atoms with Gasteiger partial charge < -0.3 is 4.98 Å². The lowest BCUT2D eigenvalue weighted by atomic mass is 10.2. The third-order valence-electron chi connectivity index (χ3n) is 1.90. The van der Waals surface area contributed by atoms with E-state index in [0.717, 1.165) is 0 Å². The molecule has 6 nitrogen and oxygen atoms in total. The number of hydrogen-bond acceptors (Lipinski definition) is 5. The average Bonchev–Trinajstić information content (AvgIpc) is 2.26. The van der Waals surface area contributed by atoms with Crippen LogP contribution in [-0.2, 0) is 4.79 Å². The van der Waals surface area contributed by atoms with Crippen LogP contribution in [0.4, 0.5) is 0 Å². The summed E-state index contributed by atoms with van der Waals surface area (Å²) in [5.74, 6) is 4.77. The molecular weight excluding hydrogens is 228 g/mol. The second kappa shape index (κ2) is 6.29. The number of nitrogens with one attached hydrogen (secondary N) is 2. The van der Waals surface area contributed by atoms with Crippen molar-refractivity contribution in [1.82, 2.24) is 15.4 Å². The summed E-state index contributed by atoms with van der Waals surface area (Å²) in [6, 6.07) is 1.36. The Kier molecular flexibility index (Phi) is 5.00. The van der Waals surface area contributed by atoms with E-state index in [1.165, 1.54) is 24.0 Å². The zero-order chi connectivity index (χ0) is 12.0. The van der Waals surface area contributed by atoms with Gasteiger partial charge in [-0.1, -0.05) is 18.7 Å². The molecule has 4 N–H and O–H groups in total. The third kappa shape index (κ3) is 4.45. The molecule has 0 saturated carbocycles. The first-order valence-corrected chi connectivity index (χ1v) is 5.71. The molecule has 1 amide bonds. The molecule has 0 aromatic carbocycles. The Morgan fingerprint density at radius 3 is 3.12 bits per heavy atom. The van der Waals surface area contributed by atoms with Gasteiger partial charge in [-0.05, 0) is 6.42 Å². The van der Waals surface area contributed by atoms with E-state index >= 15 is 0 Å². The van der Waals surface area contributed by atoms with Gasteiger partial charge in [0.25, 0.3) is 5.56 Å². The summed E-state index contributed by atoms with van der Waals surface area (Å²) in [7, 11) is 0. The fourth-order valence-electron chi connectivity index (χ4n) is 1.07. The summed E-state index contributed by atoms with van der Waals surface area (Å²) in [6.45, 7) is 1.96. The van der Waals surface area contributed by atoms with Crippen molar-refractivity contribution in [3.05, 3.63) is 22.6 Å². The highest BCUT2D eigenvalue weighted by molar-refractivity contribution is 7.99. The molecule has 1 aromatic heterocycles. The molecule has 16 heavy (non-hydrogen) atoms. The van der Waals surface area contributed by atoms with E-state index in [0.29, 0.717) is 18.0 Å². The van der Waals surface area contributed by atoms with Gasteiger partial charge >= 0.3 is 0 Å². The van der Waals surface area contributed by atoms with E-state index < -0.39 is 0 Å². The van der Waals surface area contributed by atoms with Crippen LogP contribution >= 0.6 is 11.8 Å². The molecule has 1 heterocycles. The Labute approximate surface area is 97.0 Å². The molecule has 88 valence electrons. The highest BCUT2D eigenvalue weighted by Crippen LogP contribution is 2.21. The SMILES string of the molecule is CC(CCC(=O)NN)Sc1nccc(=O)[nH]1. The monoisotopic (exact) mass is 242 g/mol. The number of hydrogen-bond donors (Lipinski definition) is 3. The van der Waals surface area contributed by atoms with Gasteiger partial charge in [-0.2, -0.15) is 0 Å².